The van der Waals surface area contributed by atoms with Gasteiger partial charge >= 0.3 is 0 Å². The van der Waals surface area contributed by atoms with Gasteiger partial charge in [-0.25, -0.2) is 8.42 Å². The Hall–Kier alpha value is -0.0900. The van der Waals surface area contributed by atoms with Crippen LogP contribution in [0, 0.1) is 11.8 Å². The average molecular weight is 261 g/mol. The Balaban J connectivity index is 2.31. The topological polar surface area (TPSA) is 46.2 Å². The fraction of sp³-hybridized carbons (Fsp3) is 1.00. The Morgan fingerprint density at radius 3 is 2.06 bits per heavy atom. The molecule has 0 radical (unpaired) electrons. The van der Waals surface area contributed by atoms with Crippen molar-refractivity contribution in [2.75, 3.05) is 12.0 Å². The molecule has 0 aliphatic heterocycles. The number of sulfone groups is 1. The molecule has 0 heterocycles. The summed E-state index contributed by atoms with van der Waals surface area (Å²) in [7, 11) is -2.86. The van der Waals surface area contributed by atoms with Crippen molar-refractivity contribution in [2.45, 2.75) is 58.5 Å². The monoisotopic (exact) mass is 261 g/mol. The van der Waals surface area contributed by atoms with Gasteiger partial charge in [-0.3, -0.25) is 0 Å². The molecule has 4 heteroatoms. The second kappa shape index (κ2) is 6.19. The minimum atomic E-state index is -2.86. The molecule has 1 aliphatic rings. The molecule has 1 unspecified atom stereocenters. The molecule has 1 fully saturated rings. The third-order valence-corrected chi connectivity index (χ3v) is 4.89. The van der Waals surface area contributed by atoms with Crippen molar-refractivity contribution in [3.8, 4) is 0 Å². The third kappa shape index (κ3) is 5.87. The summed E-state index contributed by atoms with van der Waals surface area (Å²) in [5.41, 5.74) is 0. The van der Waals surface area contributed by atoms with Crippen LogP contribution >= 0.6 is 0 Å². The van der Waals surface area contributed by atoms with Gasteiger partial charge in [-0.1, -0.05) is 13.8 Å². The lowest BCUT2D eigenvalue weighted by Crippen LogP contribution is -2.42. The van der Waals surface area contributed by atoms with E-state index in [0.29, 0.717) is 6.04 Å². The van der Waals surface area contributed by atoms with Gasteiger partial charge in [0.15, 0.2) is 0 Å². The molecule has 0 spiro atoms. The molecule has 102 valence electrons. The van der Waals surface area contributed by atoms with Gasteiger partial charge in [0, 0.05) is 18.3 Å². The number of hydrogen-bond acceptors (Lipinski definition) is 3. The predicted octanol–water partition coefficient (Wildman–Crippen LogP) is 2.22. The van der Waals surface area contributed by atoms with Crippen LogP contribution in [0.4, 0.5) is 0 Å². The summed E-state index contributed by atoms with van der Waals surface area (Å²) in [5.74, 6) is 1.89. The second-order valence-electron chi connectivity index (χ2n) is 6.02. The largest absolute Gasteiger partial charge is 0.310 e. The highest BCUT2D eigenvalue weighted by Gasteiger charge is 2.24. The predicted molar refractivity (Wildman–Crippen MR) is 72.9 cm³/mol. The Morgan fingerprint density at radius 1 is 1.12 bits per heavy atom. The average Bonchev–Trinajstić information content (AvgIpc) is 2.15. The van der Waals surface area contributed by atoms with Crippen molar-refractivity contribution in [1.29, 1.82) is 0 Å². The molecule has 17 heavy (non-hydrogen) atoms. The molecule has 0 aromatic rings. The SMILES string of the molecule is CC(CS(C)(=O)=O)NC1CCC(C(C)C)CC1. The van der Waals surface area contributed by atoms with Gasteiger partial charge in [-0.2, -0.15) is 0 Å². The molecule has 0 aromatic carbocycles. The molecule has 0 amide bonds. The van der Waals surface area contributed by atoms with Gasteiger partial charge in [-0.05, 0) is 44.4 Å². The van der Waals surface area contributed by atoms with Crippen LogP contribution in [-0.4, -0.2) is 32.5 Å². The van der Waals surface area contributed by atoms with Crippen LogP contribution in [0.25, 0.3) is 0 Å². The second-order valence-corrected chi connectivity index (χ2v) is 8.20. The first kappa shape index (κ1) is 15.0. The number of hydrogen-bond donors (Lipinski definition) is 1. The lowest BCUT2D eigenvalue weighted by Gasteiger charge is -2.33. The smallest absolute Gasteiger partial charge is 0.148 e. The van der Waals surface area contributed by atoms with Crippen LogP contribution < -0.4 is 5.32 Å². The maximum atomic E-state index is 11.2. The number of rotatable bonds is 5. The zero-order valence-electron chi connectivity index (χ0n) is 11.6. The summed E-state index contributed by atoms with van der Waals surface area (Å²) >= 11 is 0. The molecule has 1 rings (SSSR count). The van der Waals surface area contributed by atoms with Crippen LogP contribution in [0.3, 0.4) is 0 Å². The molecule has 1 saturated carbocycles. The highest BCUT2D eigenvalue weighted by atomic mass is 32.2. The van der Waals surface area contributed by atoms with Gasteiger partial charge in [0.25, 0.3) is 0 Å². The Bertz CT molecular complexity index is 316. The van der Waals surface area contributed by atoms with E-state index in [4.69, 9.17) is 0 Å². The molecular formula is C13H27NO2S. The van der Waals surface area contributed by atoms with Crippen molar-refractivity contribution >= 4 is 9.84 Å². The highest BCUT2D eigenvalue weighted by Crippen LogP contribution is 2.29. The third-order valence-electron chi connectivity index (χ3n) is 3.79. The summed E-state index contributed by atoms with van der Waals surface area (Å²) in [6, 6.07) is 0.590. The van der Waals surface area contributed by atoms with Crippen molar-refractivity contribution in [2.24, 2.45) is 11.8 Å². The van der Waals surface area contributed by atoms with Crippen LogP contribution in [0.15, 0.2) is 0 Å². The summed E-state index contributed by atoms with van der Waals surface area (Å²) < 4.78 is 22.4. The minimum Gasteiger partial charge on any atom is -0.310 e. The lowest BCUT2D eigenvalue weighted by molar-refractivity contribution is 0.233. The molecule has 1 atom stereocenters. The standard InChI is InChI=1S/C13H27NO2S/c1-10(2)12-5-7-13(8-6-12)14-11(3)9-17(4,15)16/h10-14H,5-9H2,1-4H3. The van der Waals surface area contributed by atoms with E-state index in [0.717, 1.165) is 11.8 Å². The summed E-state index contributed by atoms with van der Waals surface area (Å²) in [5, 5.41) is 3.46. The first-order valence-electron chi connectivity index (χ1n) is 6.71. The molecule has 0 aromatic heterocycles. The molecule has 0 bridgehead atoms. The molecule has 1 N–H and O–H groups in total. The van der Waals surface area contributed by atoms with E-state index in [1.165, 1.54) is 31.9 Å². The van der Waals surface area contributed by atoms with Gasteiger partial charge in [-0.15, -0.1) is 0 Å². The van der Waals surface area contributed by atoms with Crippen LogP contribution in [0.2, 0.25) is 0 Å². The van der Waals surface area contributed by atoms with Crippen LogP contribution in [-0.2, 0) is 9.84 Å². The Kier molecular flexibility index (Phi) is 5.45. The van der Waals surface area contributed by atoms with Crippen molar-refractivity contribution in [1.82, 2.24) is 5.32 Å². The van der Waals surface area contributed by atoms with E-state index < -0.39 is 9.84 Å². The Labute approximate surface area is 106 Å². The van der Waals surface area contributed by atoms with E-state index in [-0.39, 0.29) is 11.8 Å². The van der Waals surface area contributed by atoms with E-state index in [9.17, 15) is 8.42 Å². The summed E-state index contributed by atoms with van der Waals surface area (Å²) in [4.78, 5) is 0. The quantitative estimate of drug-likeness (QED) is 0.825. The maximum absolute atomic E-state index is 11.2. The minimum absolute atomic E-state index is 0.0746. The number of nitrogens with one attached hydrogen (secondary N) is 1. The van der Waals surface area contributed by atoms with Gasteiger partial charge in [0.2, 0.25) is 0 Å². The van der Waals surface area contributed by atoms with E-state index >= 15 is 0 Å². The molecule has 3 nitrogen and oxygen atoms in total. The highest BCUT2D eigenvalue weighted by molar-refractivity contribution is 7.90. The molecular weight excluding hydrogens is 234 g/mol. The molecule has 1 aliphatic carbocycles. The fourth-order valence-electron chi connectivity index (χ4n) is 2.86. The van der Waals surface area contributed by atoms with Crippen molar-refractivity contribution < 1.29 is 8.42 Å². The summed E-state index contributed by atoms with van der Waals surface area (Å²) in [6.45, 7) is 6.56. The lowest BCUT2D eigenvalue weighted by atomic mass is 9.79. The van der Waals surface area contributed by atoms with Crippen LogP contribution in [0.5, 0.6) is 0 Å². The van der Waals surface area contributed by atoms with E-state index in [1.54, 1.807) is 0 Å². The molecule has 0 saturated heterocycles. The zero-order valence-corrected chi connectivity index (χ0v) is 12.4. The van der Waals surface area contributed by atoms with Crippen molar-refractivity contribution in [3.05, 3.63) is 0 Å². The van der Waals surface area contributed by atoms with E-state index in [1.807, 2.05) is 6.92 Å². The van der Waals surface area contributed by atoms with Crippen molar-refractivity contribution in [3.63, 3.8) is 0 Å². The van der Waals surface area contributed by atoms with Gasteiger partial charge < -0.3 is 5.32 Å². The first-order chi connectivity index (χ1) is 7.78. The zero-order chi connectivity index (χ0) is 13.1. The normalized spacial score (nSPS) is 28.3. The Morgan fingerprint density at radius 2 is 1.65 bits per heavy atom. The van der Waals surface area contributed by atoms with Crippen LogP contribution in [0.1, 0.15) is 46.5 Å². The van der Waals surface area contributed by atoms with Gasteiger partial charge in [0.1, 0.15) is 9.84 Å². The first-order valence-corrected chi connectivity index (χ1v) is 8.77. The van der Waals surface area contributed by atoms with E-state index in [2.05, 4.69) is 19.2 Å². The van der Waals surface area contributed by atoms with Gasteiger partial charge in [0.05, 0.1) is 5.75 Å². The maximum Gasteiger partial charge on any atom is 0.148 e. The summed E-state index contributed by atoms with van der Waals surface area (Å²) in [6.07, 6.45) is 6.25. The fourth-order valence-corrected chi connectivity index (χ4v) is 3.86.